The van der Waals surface area contributed by atoms with Gasteiger partial charge in [0.05, 0.1) is 18.9 Å². The van der Waals surface area contributed by atoms with Crippen LogP contribution < -0.4 is 16.0 Å². The molecule has 0 bridgehead atoms. The summed E-state index contributed by atoms with van der Waals surface area (Å²) in [5, 5.41) is 16.7. The maximum absolute atomic E-state index is 13.6. The maximum Gasteiger partial charge on any atom is 0.319 e. The molecule has 0 aromatic heterocycles. The topological polar surface area (TPSA) is 107 Å². The van der Waals surface area contributed by atoms with Crippen molar-refractivity contribution in [1.29, 1.82) is 5.41 Å². The van der Waals surface area contributed by atoms with E-state index in [9.17, 15) is 18.4 Å². The second-order valence-electron chi connectivity index (χ2n) is 9.26. The average Bonchev–Trinajstić information content (AvgIpc) is 2.72. The van der Waals surface area contributed by atoms with Crippen molar-refractivity contribution in [2.75, 3.05) is 40.4 Å². The summed E-state index contributed by atoms with van der Waals surface area (Å²) in [6, 6.07) is 1.80. The van der Waals surface area contributed by atoms with Gasteiger partial charge >= 0.3 is 6.03 Å². The molecule has 0 radical (unpaired) electrons. The monoisotopic (exact) mass is 465 g/mol. The van der Waals surface area contributed by atoms with Gasteiger partial charge in [-0.15, -0.1) is 0 Å². The fourth-order valence-corrected chi connectivity index (χ4v) is 3.26. The van der Waals surface area contributed by atoms with Crippen LogP contribution >= 0.6 is 0 Å². The maximum atomic E-state index is 13.6. The van der Waals surface area contributed by atoms with Gasteiger partial charge in [0, 0.05) is 36.3 Å². The summed E-state index contributed by atoms with van der Waals surface area (Å²) >= 11 is 0. The van der Waals surface area contributed by atoms with E-state index in [0.29, 0.717) is 37.4 Å². The molecular weight excluding hydrogens is 432 g/mol. The normalized spacial score (nSPS) is 15.3. The molecule has 0 aliphatic carbocycles. The summed E-state index contributed by atoms with van der Waals surface area (Å²) in [4.78, 5) is 27.4. The fourth-order valence-electron chi connectivity index (χ4n) is 3.26. The van der Waals surface area contributed by atoms with E-state index >= 15 is 0 Å². The highest BCUT2D eigenvalue weighted by Gasteiger charge is 2.33. The van der Waals surface area contributed by atoms with Crippen molar-refractivity contribution in [3.8, 4) is 0 Å². The lowest BCUT2D eigenvalue weighted by Gasteiger charge is -2.31. The smallest absolute Gasteiger partial charge is 0.319 e. The van der Waals surface area contributed by atoms with Crippen molar-refractivity contribution in [1.82, 2.24) is 20.9 Å². The van der Waals surface area contributed by atoms with E-state index in [-0.39, 0.29) is 23.8 Å². The number of hydrogen-bond donors (Lipinski definition) is 4. The number of nitrogens with one attached hydrogen (secondary N) is 4. The molecule has 0 spiro atoms. The minimum Gasteiger partial charge on any atom is -0.376 e. The van der Waals surface area contributed by atoms with Crippen LogP contribution in [0, 0.1) is 22.5 Å². The van der Waals surface area contributed by atoms with Crippen molar-refractivity contribution in [3.63, 3.8) is 0 Å². The largest absolute Gasteiger partial charge is 0.376 e. The first-order chi connectivity index (χ1) is 15.4. The standard InChI is InChI=1S/C23H33F2N5O3/c1-23(2,3)20(21(31)27-9-10-30(4)5)29-22(32)28-18-8-11-33-13-15(18)19(26)14-6-7-16(24)17(25)12-14/h6-7,12,20,26H,8-11,13H2,1-5H3,(H,27,31)(H2,28,29,32)/t20-/m1/s1. The molecule has 1 aromatic rings. The molecule has 1 aliphatic rings. The molecule has 0 unspecified atom stereocenters. The highest BCUT2D eigenvalue weighted by Crippen LogP contribution is 2.21. The minimum atomic E-state index is -1.06. The van der Waals surface area contributed by atoms with E-state index in [4.69, 9.17) is 10.1 Å². The number of hydrogen-bond acceptors (Lipinski definition) is 5. The van der Waals surface area contributed by atoms with E-state index in [0.717, 1.165) is 12.1 Å². The van der Waals surface area contributed by atoms with Crippen molar-refractivity contribution in [3.05, 3.63) is 46.7 Å². The van der Waals surface area contributed by atoms with Crippen LogP contribution in [0.5, 0.6) is 0 Å². The Morgan fingerprint density at radius 1 is 1.21 bits per heavy atom. The van der Waals surface area contributed by atoms with Gasteiger partial charge < -0.3 is 25.6 Å². The molecule has 3 amide bonds. The Bertz CT molecular complexity index is 925. The number of carbonyl (C=O) groups is 2. The first kappa shape index (κ1) is 26.4. The lowest BCUT2D eigenvalue weighted by atomic mass is 9.86. The second-order valence-corrected chi connectivity index (χ2v) is 9.26. The first-order valence-electron chi connectivity index (χ1n) is 10.7. The summed E-state index contributed by atoms with van der Waals surface area (Å²) in [6.45, 7) is 7.03. The number of halogens is 2. The molecule has 1 aromatic carbocycles. The third-order valence-electron chi connectivity index (χ3n) is 5.14. The number of benzene rings is 1. The van der Waals surface area contributed by atoms with Gasteiger partial charge in [0.2, 0.25) is 5.91 Å². The predicted octanol–water partition coefficient (Wildman–Crippen LogP) is 2.40. The molecular formula is C23H33F2N5O3. The quantitative estimate of drug-likeness (QED) is 0.443. The summed E-state index contributed by atoms with van der Waals surface area (Å²) in [6.07, 6.45) is 0.323. The Labute approximate surface area is 193 Å². The Morgan fingerprint density at radius 2 is 1.91 bits per heavy atom. The van der Waals surface area contributed by atoms with Crippen molar-refractivity contribution >= 4 is 17.6 Å². The van der Waals surface area contributed by atoms with E-state index in [1.54, 1.807) is 0 Å². The van der Waals surface area contributed by atoms with Gasteiger partial charge in [-0.25, -0.2) is 13.6 Å². The van der Waals surface area contributed by atoms with Crippen LogP contribution in [-0.4, -0.2) is 69.0 Å². The molecule has 33 heavy (non-hydrogen) atoms. The number of likely N-dealkylation sites (N-methyl/N-ethyl adjacent to an activating group) is 1. The molecule has 0 saturated carbocycles. The van der Waals surface area contributed by atoms with Gasteiger partial charge in [-0.3, -0.25) is 10.2 Å². The molecule has 1 aliphatic heterocycles. The third kappa shape index (κ3) is 7.61. The highest BCUT2D eigenvalue weighted by molar-refractivity contribution is 6.11. The zero-order valence-corrected chi connectivity index (χ0v) is 19.8. The molecule has 10 heteroatoms. The zero-order valence-electron chi connectivity index (χ0n) is 19.8. The third-order valence-corrected chi connectivity index (χ3v) is 5.14. The molecule has 1 heterocycles. The van der Waals surface area contributed by atoms with Crippen LogP contribution in [0.1, 0.15) is 32.8 Å². The Kier molecular flexibility index (Phi) is 9.07. The van der Waals surface area contributed by atoms with Crippen molar-refractivity contribution in [2.24, 2.45) is 5.41 Å². The summed E-state index contributed by atoms with van der Waals surface area (Å²) in [5.74, 6) is -2.36. The molecule has 1 atom stereocenters. The number of amides is 3. The van der Waals surface area contributed by atoms with Crippen molar-refractivity contribution in [2.45, 2.75) is 33.2 Å². The molecule has 0 saturated heterocycles. The summed E-state index contributed by atoms with van der Waals surface area (Å²) in [5.41, 5.74) is 0.351. The Morgan fingerprint density at radius 3 is 2.52 bits per heavy atom. The molecule has 0 fully saturated rings. The van der Waals surface area contributed by atoms with Gasteiger partial charge in [-0.2, -0.15) is 0 Å². The van der Waals surface area contributed by atoms with Gasteiger partial charge in [0.1, 0.15) is 6.04 Å². The van der Waals surface area contributed by atoms with E-state index in [1.165, 1.54) is 6.07 Å². The number of nitrogens with zero attached hydrogens (tertiary/aromatic N) is 1. The molecule has 182 valence electrons. The van der Waals surface area contributed by atoms with E-state index in [1.807, 2.05) is 39.8 Å². The lowest BCUT2D eigenvalue weighted by molar-refractivity contribution is -0.125. The molecule has 4 N–H and O–H groups in total. The average molecular weight is 466 g/mol. The van der Waals surface area contributed by atoms with Gasteiger partial charge in [-0.1, -0.05) is 20.8 Å². The molecule has 8 nitrogen and oxygen atoms in total. The van der Waals surface area contributed by atoms with Gasteiger partial charge in [0.15, 0.2) is 11.6 Å². The number of carbonyl (C=O) groups excluding carboxylic acids is 2. The fraction of sp³-hybridized carbons (Fsp3) is 0.522. The Hall–Kier alpha value is -2.85. The highest BCUT2D eigenvalue weighted by atomic mass is 19.2. The Balaban J connectivity index is 2.16. The van der Waals surface area contributed by atoms with Crippen molar-refractivity contribution < 1.29 is 23.1 Å². The number of ether oxygens (including phenoxy) is 1. The van der Waals surface area contributed by atoms with Crippen LogP contribution in [0.4, 0.5) is 13.6 Å². The second kappa shape index (κ2) is 11.3. The van der Waals surface area contributed by atoms with Crippen LogP contribution in [0.25, 0.3) is 0 Å². The minimum absolute atomic E-state index is 0.0428. The first-order valence-corrected chi connectivity index (χ1v) is 10.7. The number of urea groups is 1. The zero-order chi connectivity index (χ0) is 24.8. The van der Waals surface area contributed by atoms with Crippen LogP contribution in [-0.2, 0) is 9.53 Å². The number of rotatable bonds is 8. The SMILES string of the molecule is CN(C)CCNC(=O)[C@@H](NC(=O)NC1=C(C(=N)c2ccc(F)c(F)c2)COCC1)C(C)(C)C. The lowest BCUT2D eigenvalue weighted by Crippen LogP contribution is -2.56. The van der Waals surface area contributed by atoms with Gasteiger partial charge in [0.25, 0.3) is 0 Å². The van der Waals surface area contributed by atoms with Crippen LogP contribution in [0.15, 0.2) is 29.5 Å². The van der Waals surface area contributed by atoms with E-state index < -0.39 is 29.1 Å². The predicted molar refractivity (Wildman–Crippen MR) is 122 cm³/mol. The summed E-state index contributed by atoms with van der Waals surface area (Å²) in [7, 11) is 3.80. The summed E-state index contributed by atoms with van der Waals surface area (Å²) < 4.78 is 32.3. The van der Waals surface area contributed by atoms with E-state index in [2.05, 4.69) is 16.0 Å². The molecule has 2 rings (SSSR count). The van der Waals surface area contributed by atoms with Gasteiger partial charge in [-0.05, 0) is 37.7 Å². The van der Waals surface area contributed by atoms with Crippen LogP contribution in [0.2, 0.25) is 0 Å². The van der Waals surface area contributed by atoms with Crippen LogP contribution in [0.3, 0.4) is 0 Å².